The highest BCUT2D eigenvalue weighted by Gasteiger charge is 2.13. The maximum Gasteiger partial charge on any atom is 0.0943 e. The molecule has 2 aromatic rings. The topological polar surface area (TPSA) is 37.8 Å². The first-order valence-corrected chi connectivity index (χ1v) is 8.48. The van der Waals surface area contributed by atoms with Gasteiger partial charge >= 0.3 is 0 Å². The molecule has 0 unspecified atom stereocenters. The molecule has 1 N–H and O–H groups in total. The Morgan fingerprint density at radius 3 is 1.95 bits per heavy atom. The van der Waals surface area contributed by atoms with Gasteiger partial charge in [0.25, 0.3) is 0 Å². The summed E-state index contributed by atoms with van der Waals surface area (Å²) in [6, 6.07) is 0.441. The molecule has 0 spiro atoms. The van der Waals surface area contributed by atoms with Gasteiger partial charge in [0.2, 0.25) is 0 Å². The van der Waals surface area contributed by atoms with Crippen LogP contribution in [-0.4, -0.2) is 22.6 Å². The summed E-state index contributed by atoms with van der Waals surface area (Å²) in [4.78, 5) is 9.13. The van der Waals surface area contributed by atoms with E-state index in [9.17, 15) is 0 Å². The van der Waals surface area contributed by atoms with E-state index in [2.05, 4.69) is 46.8 Å². The van der Waals surface area contributed by atoms with Crippen LogP contribution < -0.4 is 5.32 Å². The van der Waals surface area contributed by atoms with Crippen LogP contribution in [0.4, 0.5) is 0 Å². The summed E-state index contributed by atoms with van der Waals surface area (Å²) in [6.45, 7) is 7.36. The average Bonchev–Trinajstić information content (AvgIpc) is 2.95. The van der Waals surface area contributed by atoms with Gasteiger partial charge < -0.3 is 5.32 Å². The molecule has 0 amide bonds. The fourth-order valence-electron chi connectivity index (χ4n) is 1.98. The van der Waals surface area contributed by atoms with Crippen LogP contribution in [0.25, 0.3) is 0 Å². The Labute approximate surface area is 123 Å². The van der Waals surface area contributed by atoms with Crippen molar-refractivity contribution in [2.75, 3.05) is 6.54 Å². The van der Waals surface area contributed by atoms with Gasteiger partial charge in [0.05, 0.1) is 10.0 Å². The zero-order valence-corrected chi connectivity index (χ0v) is 13.4. The highest BCUT2D eigenvalue weighted by atomic mass is 32.1. The number of aromatic nitrogens is 2. The van der Waals surface area contributed by atoms with Gasteiger partial charge in [-0.15, -0.1) is 22.7 Å². The van der Waals surface area contributed by atoms with Crippen LogP contribution in [0.3, 0.4) is 0 Å². The van der Waals surface area contributed by atoms with E-state index in [-0.39, 0.29) is 0 Å². The molecule has 2 rings (SSSR count). The molecule has 0 saturated carbocycles. The quantitative estimate of drug-likeness (QED) is 0.851. The largest absolute Gasteiger partial charge is 0.313 e. The van der Waals surface area contributed by atoms with Crippen molar-refractivity contribution in [3.8, 4) is 0 Å². The summed E-state index contributed by atoms with van der Waals surface area (Å²) in [5.74, 6) is 0. The predicted octanol–water partition coefficient (Wildman–Crippen LogP) is 3.37. The normalized spacial score (nSPS) is 11.4. The van der Waals surface area contributed by atoms with Crippen LogP contribution >= 0.6 is 22.7 Å². The zero-order chi connectivity index (χ0) is 13.7. The van der Waals surface area contributed by atoms with Crippen molar-refractivity contribution >= 4 is 22.7 Å². The summed E-state index contributed by atoms with van der Waals surface area (Å²) in [5.41, 5.74) is 2.25. The van der Waals surface area contributed by atoms with Gasteiger partial charge in [-0.25, -0.2) is 9.97 Å². The lowest BCUT2D eigenvalue weighted by molar-refractivity contribution is 0.503. The second kappa shape index (κ2) is 7.12. The third-order valence-electron chi connectivity index (χ3n) is 2.86. The molecule has 0 aliphatic heterocycles. The molecule has 2 aromatic heterocycles. The maximum atomic E-state index is 4.57. The van der Waals surface area contributed by atoms with E-state index in [0.29, 0.717) is 6.04 Å². The summed E-state index contributed by atoms with van der Waals surface area (Å²) in [5, 5.41) is 10.3. The Morgan fingerprint density at radius 1 is 1.05 bits per heavy atom. The predicted molar refractivity (Wildman–Crippen MR) is 83.2 cm³/mol. The van der Waals surface area contributed by atoms with Crippen molar-refractivity contribution < 1.29 is 0 Å². The van der Waals surface area contributed by atoms with Crippen molar-refractivity contribution in [1.82, 2.24) is 15.3 Å². The van der Waals surface area contributed by atoms with Crippen molar-refractivity contribution in [2.24, 2.45) is 0 Å². The fourth-order valence-corrected chi connectivity index (χ4v) is 3.69. The SMILES string of the molecule is CCCNC(Cc1nc(C)cs1)Cc1nc(C)cs1. The Hall–Kier alpha value is -0.780. The Morgan fingerprint density at radius 2 is 1.58 bits per heavy atom. The second-order valence-electron chi connectivity index (χ2n) is 4.82. The van der Waals surface area contributed by atoms with Crippen LogP contribution in [0.5, 0.6) is 0 Å². The minimum absolute atomic E-state index is 0.441. The van der Waals surface area contributed by atoms with E-state index >= 15 is 0 Å². The van der Waals surface area contributed by atoms with Crippen molar-refractivity contribution in [3.05, 3.63) is 32.2 Å². The second-order valence-corrected chi connectivity index (χ2v) is 6.71. The van der Waals surface area contributed by atoms with Crippen LogP contribution in [-0.2, 0) is 12.8 Å². The number of thiazole rings is 2. The van der Waals surface area contributed by atoms with Gasteiger partial charge in [0.15, 0.2) is 0 Å². The molecule has 0 aliphatic carbocycles. The minimum Gasteiger partial charge on any atom is -0.313 e. The van der Waals surface area contributed by atoms with Gasteiger partial charge in [-0.3, -0.25) is 0 Å². The molecular formula is C14H21N3S2. The van der Waals surface area contributed by atoms with Gasteiger partial charge in [-0.05, 0) is 26.8 Å². The van der Waals surface area contributed by atoms with Gasteiger partial charge in [-0.1, -0.05) is 6.92 Å². The monoisotopic (exact) mass is 295 g/mol. The highest BCUT2D eigenvalue weighted by Crippen LogP contribution is 2.16. The third-order valence-corrected chi connectivity index (χ3v) is 4.84. The molecule has 0 bridgehead atoms. The van der Waals surface area contributed by atoms with E-state index in [1.54, 1.807) is 22.7 Å². The minimum atomic E-state index is 0.441. The molecule has 0 radical (unpaired) electrons. The molecular weight excluding hydrogens is 274 g/mol. The molecule has 0 aromatic carbocycles. The number of hydrogen-bond acceptors (Lipinski definition) is 5. The lowest BCUT2D eigenvalue weighted by Crippen LogP contribution is -2.33. The molecule has 0 fully saturated rings. The number of rotatable bonds is 7. The molecule has 0 aliphatic rings. The summed E-state index contributed by atoms with van der Waals surface area (Å²) in [7, 11) is 0. The molecule has 0 atom stereocenters. The number of hydrogen-bond donors (Lipinski definition) is 1. The Kier molecular flexibility index (Phi) is 5.48. The number of aryl methyl sites for hydroxylation is 2. The van der Waals surface area contributed by atoms with Crippen molar-refractivity contribution in [2.45, 2.75) is 46.1 Å². The summed E-state index contributed by atoms with van der Waals surface area (Å²) in [6.07, 6.45) is 3.15. The molecule has 3 nitrogen and oxygen atoms in total. The standard InChI is InChI=1S/C14H21N3S2/c1-4-5-15-12(6-13-16-10(2)8-18-13)7-14-17-11(3)9-19-14/h8-9,12,15H,4-7H2,1-3H3. The van der Waals surface area contributed by atoms with E-state index in [1.807, 2.05) is 0 Å². The highest BCUT2D eigenvalue weighted by molar-refractivity contribution is 7.10. The molecule has 0 saturated heterocycles. The smallest absolute Gasteiger partial charge is 0.0943 e. The van der Waals surface area contributed by atoms with Crippen molar-refractivity contribution in [1.29, 1.82) is 0 Å². The average molecular weight is 295 g/mol. The third kappa shape index (κ3) is 4.67. The van der Waals surface area contributed by atoms with E-state index in [0.717, 1.165) is 37.2 Å². The van der Waals surface area contributed by atoms with Crippen LogP contribution in [0, 0.1) is 13.8 Å². The van der Waals surface area contributed by atoms with Crippen LogP contribution in [0.15, 0.2) is 10.8 Å². The van der Waals surface area contributed by atoms with E-state index in [1.165, 1.54) is 10.0 Å². The molecule has 5 heteroatoms. The first-order chi connectivity index (χ1) is 9.17. The van der Waals surface area contributed by atoms with Crippen molar-refractivity contribution in [3.63, 3.8) is 0 Å². The van der Waals surface area contributed by atoms with Crippen LogP contribution in [0.1, 0.15) is 34.7 Å². The Bertz CT molecular complexity index is 462. The Balaban J connectivity index is 1.98. The van der Waals surface area contributed by atoms with Gasteiger partial charge in [-0.2, -0.15) is 0 Å². The van der Waals surface area contributed by atoms with Gasteiger partial charge in [0, 0.05) is 41.0 Å². The lowest BCUT2D eigenvalue weighted by atomic mass is 10.1. The van der Waals surface area contributed by atoms with E-state index in [4.69, 9.17) is 0 Å². The summed E-state index contributed by atoms with van der Waals surface area (Å²) < 4.78 is 0. The number of nitrogens with one attached hydrogen (secondary N) is 1. The lowest BCUT2D eigenvalue weighted by Gasteiger charge is -2.16. The fraction of sp³-hybridized carbons (Fsp3) is 0.571. The van der Waals surface area contributed by atoms with E-state index < -0.39 is 0 Å². The van der Waals surface area contributed by atoms with Crippen LogP contribution in [0.2, 0.25) is 0 Å². The molecule has 19 heavy (non-hydrogen) atoms. The summed E-state index contributed by atoms with van der Waals surface area (Å²) >= 11 is 3.52. The van der Waals surface area contributed by atoms with Gasteiger partial charge in [0.1, 0.15) is 0 Å². The molecule has 2 heterocycles. The first-order valence-electron chi connectivity index (χ1n) is 6.72. The first kappa shape index (κ1) is 14.6. The molecule has 104 valence electrons. The maximum absolute atomic E-state index is 4.57. The zero-order valence-electron chi connectivity index (χ0n) is 11.8. The number of nitrogens with zero attached hydrogens (tertiary/aromatic N) is 2.